The largest absolute Gasteiger partial charge is 0.481 e. The van der Waals surface area contributed by atoms with Crippen molar-refractivity contribution >= 4 is 16.0 Å². The molecule has 0 bridgehead atoms. The van der Waals surface area contributed by atoms with Crippen LogP contribution >= 0.6 is 0 Å². The van der Waals surface area contributed by atoms with Crippen LogP contribution in [0.1, 0.15) is 24.0 Å². The molecule has 0 radical (unpaired) electrons. The number of rotatable bonds is 5. The molecule has 0 aromatic heterocycles. The second kappa shape index (κ2) is 4.89. The predicted molar refractivity (Wildman–Crippen MR) is 70.4 cm³/mol. The zero-order valence-corrected chi connectivity index (χ0v) is 11.7. The van der Waals surface area contributed by atoms with Gasteiger partial charge >= 0.3 is 5.97 Å². The molecule has 0 heterocycles. The Morgan fingerprint density at radius 1 is 1.50 bits per heavy atom. The number of nitrogens with one attached hydrogen (secondary N) is 1. The molecule has 1 aromatic carbocycles. The molecule has 0 unspecified atom stereocenters. The van der Waals surface area contributed by atoms with E-state index in [-0.39, 0.29) is 11.4 Å². The van der Waals surface area contributed by atoms with Gasteiger partial charge in [-0.25, -0.2) is 13.1 Å². The average molecular weight is 294 g/mol. The predicted octanol–water partition coefficient (Wildman–Crippen LogP) is 1.01. The van der Waals surface area contributed by atoms with Crippen LogP contribution in [0.25, 0.3) is 0 Å². The van der Waals surface area contributed by atoms with Gasteiger partial charge in [-0.2, -0.15) is 5.26 Å². The molecule has 1 fully saturated rings. The van der Waals surface area contributed by atoms with Gasteiger partial charge < -0.3 is 5.11 Å². The van der Waals surface area contributed by atoms with Crippen molar-refractivity contribution in [3.05, 3.63) is 29.3 Å². The van der Waals surface area contributed by atoms with Gasteiger partial charge in [0.05, 0.1) is 21.9 Å². The zero-order chi connectivity index (χ0) is 15.0. The molecule has 7 heteroatoms. The number of hydrogen-bond donors (Lipinski definition) is 2. The molecule has 0 atom stereocenters. The Bertz CT molecular complexity index is 700. The summed E-state index contributed by atoms with van der Waals surface area (Å²) in [4.78, 5) is 11.1. The third kappa shape index (κ3) is 2.66. The van der Waals surface area contributed by atoms with Crippen LogP contribution in [-0.4, -0.2) is 26.0 Å². The van der Waals surface area contributed by atoms with Crippen LogP contribution in [0.4, 0.5) is 0 Å². The molecule has 6 nitrogen and oxygen atoms in total. The zero-order valence-electron chi connectivity index (χ0n) is 10.9. The van der Waals surface area contributed by atoms with Crippen molar-refractivity contribution in [1.82, 2.24) is 4.72 Å². The fourth-order valence-corrected chi connectivity index (χ4v) is 3.30. The summed E-state index contributed by atoms with van der Waals surface area (Å²) in [6, 6.07) is 6.20. The molecule has 0 spiro atoms. The molecule has 1 aliphatic carbocycles. The van der Waals surface area contributed by atoms with Crippen molar-refractivity contribution in [2.75, 3.05) is 6.54 Å². The Balaban J connectivity index is 2.19. The minimum atomic E-state index is -3.77. The van der Waals surface area contributed by atoms with Gasteiger partial charge in [0.15, 0.2) is 0 Å². The first-order valence-electron chi connectivity index (χ1n) is 6.05. The highest BCUT2D eigenvalue weighted by molar-refractivity contribution is 7.89. The van der Waals surface area contributed by atoms with Crippen LogP contribution < -0.4 is 4.72 Å². The van der Waals surface area contributed by atoms with E-state index >= 15 is 0 Å². The Hall–Kier alpha value is -1.91. The van der Waals surface area contributed by atoms with E-state index < -0.39 is 21.4 Å². The standard InChI is InChI=1S/C13H14N2O4S/c1-9-6-10(7-14)2-3-11(9)20(18,19)15-8-13(4-5-13)12(16)17/h2-3,6,15H,4-5,8H2,1H3,(H,16,17). The van der Waals surface area contributed by atoms with E-state index in [9.17, 15) is 13.2 Å². The number of carbonyl (C=O) groups is 1. The number of nitriles is 1. The second-order valence-corrected chi connectivity index (χ2v) is 6.74. The Kier molecular flexibility index (Phi) is 3.54. The van der Waals surface area contributed by atoms with E-state index in [1.165, 1.54) is 18.2 Å². The number of aliphatic carboxylic acids is 1. The summed E-state index contributed by atoms with van der Waals surface area (Å²) in [5.41, 5.74) is -0.115. The summed E-state index contributed by atoms with van der Waals surface area (Å²) in [6.07, 6.45) is 0.967. The summed E-state index contributed by atoms with van der Waals surface area (Å²) >= 11 is 0. The fraction of sp³-hybridized carbons (Fsp3) is 0.385. The molecule has 106 valence electrons. The van der Waals surface area contributed by atoms with Crippen LogP contribution in [0.2, 0.25) is 0 Å². The first-order valence-corrected chi connectivity index (χ1v) is 7.53. The van der Waals surface area contributed by atoms with Crippen molar-refractivity contribution in [3.8, 4) is 6.07 Å². The van der Waals surface area contributed by atoms with E-state index in [0.717, 1.165) is 0 Å². The summed E-state index contributed by atoms with van der Waals surface area (Å²) in [5, 5.41) is 17.8. The normalized spacial score (nSPS) is 16.4. The van der Waals surface area contributed by atoms with E-state index in [4.69, 9.17) is 10.4 Å². The van der Waals surface area contributed by atoms with Crippen molar-refractivity contribution in [3.63, 3.8) is 0 Å². The number of hydrogen-bond acceptors (Lipinski definition) is 4. The van der Waals surface area contributed by atoms with E-state index in [0.29, 0.717) is 24.0 Å². The fourth-order valence-electron chi connectivity index (χ4n) is 1.95. The number of benzene rings is 1. The molecular weight excluding hydrogens is 280 g/mol. The lowest BCUT2D eigenvalue weighted by molar-refractivity contribution is -0.143. The second-order valence-electron chi connectivity index (χ2n) is 5.00. The Morgan fingerprint density at radius 3 is 2.60 bits per heavy atom. The molecular formula is C13H14N2O4S. The van der Waals surface area contributed by atoms with Crippen LogP contribution in [0.5, 0.6) is 0 Å². The van der Waals surface area contributed by atoms with Crippen molar-refractivity contribution in [1.29, 1.82) is 5.26 Å². The Morgan fingerprint density at radius 2 is 2.15 bits per heavy atom. The lowest BCUT2D eigenvalue weighted by Gasteiger charge is -2.13. The number of carboxylic acids is 1. The summed E-state index contributed by atoms with van der Waals surface area (Å²) in [7, 11) is -3.77. The van der Waals surface area contributed by atoms with E-state index in [1.807, 2.05) is 6.07 Å². The summed E-state index contributed by atoms with van der Waals surface area (Å²) in [5.74, 6) is -0.975. The Labute approximate surface area is 117 Å². The average Bonchev–Trinajstić information content (AvgIpc) is 3.17. The number of carboxylic acid groups (broad SMARTS) is 1. The van der Waals surface area contributed by atoms with Gasteiger partial charge in [-0.05, 0) is 43.5 Å². The number of aryl methyl sites for hydroxylation is 1. The maximum atomic E-state index is 12.2. The molecule has 0 aliphatic heterocycles. The highest BCUT2D eigenvalue weighted by Crippen LogP contribution is 2.45. The van der Waals surface area contributed by atoms with E-state index in [1.54, 1.807) is 6.92 Å². The van der Waals surface area contributed by atoms with Crippen LogP contribution in [0, 0.1) is 23.7 Å². The van der Waals surface area contributed by atoms with Gasteiger partial charge in [0.1, 0.15) is 0 Å². The highest BCUT2D eigenvalue weighted by Gasteiger charge is 2.50. The first kappa shape index (κ1) is 14.5. The van der Waals surface area contributed by atoms with Crippen molar-refractivity contribution in [2.45, 2.75) is 24.7 Å². The molecule has 1 aromatic rings. The molecule has 2 rings (SSSR count). The quantitative estimate of drug-likeness (QED) is 0.842. The lowest BCUT2D eigenvalue weighted by Crippen LogP contribution is -2.34. The minimum absolute atomic E-state index is 0.0673. The molecule has 0 saturated heterocycles. The maximum Gasteiger partial charge on any atom is 0.310 e. The van der Waals surface area contributed by atoms with Gasteiger partial charge in [0.25, 0.3) is 0 Å². The smallest absolute Gasteiger partial charge is 0.310 e. The van der Waals surface area contributed by atoms with Gasteiger partial charge in [0, 0.05) is 6.54 Å². The summed E-state index contributed by atoms with van der Waals surface area (Å²) < 4.78 is 26.7. The molecule has 1 saturated carbocycles. The van der Waals surface area contributed by atoms with Crippen LogP contribution in [-0.2, 0) is 14.8 Å². The van der Waals surface area contributed by atoms with Crippen LogP contribution in [0.15, 0.2) is 23.1 Å². The van der Waals surface area contributed by atoms with Crippen molar-refractivity contribution in [2.24, 2.45) is 5.41 Å². The van der Waals surface area contributed by atoms with Gasteiger partial charge in [-0.15, -0.1) is 0 Å². The molecule has 2 N–H and O–H groups in total. The molecule has 1 aliphatic rings. The highest BCUT2D eigenvalue weighted by atomic mass is 32.2. The van der Waals surface area contributed by atoms with Crippen LogP contribution in [0.3, 0.4) is 0 Å². The minimum Gasteiger partial charge on any atom is -0.481 e. The van der Waals surface area contributed by atoms with Crippen molar-refractivity contribution < 1.29 is 18.3 Å². The third-order valence-corrected chi connectivity index (χ3v) is 5.06. The topological polar surface area (TPSA) is 107 Å². The van der Waals surface area contributed by atoms with Gasteiger partial charge in [-0.1, -0.05) is 0 Å². The third-order valence-electron chi connectivity index (χ3n) is 3.50. The number of sulfonamides is 1. The summed E-state index contributed by atoms with van der Waals surface area (Å²) in [6.45, 7) is 1.49. The number of nitrogens with zero attached hydrogens (tertiary/aromatic N) is 1. The molecule has 20 heavy (non-hydrogen) atoms. The first-order chi connectivity index (χ1) is 9.31. The van der Waals surface area contributed by atoms with Gasteiger partial charge in [0.2, 0.25) is 10.0 Å². The van der Waals surface area contributed by atoms with E-state index in [2.05, 4.69) is 4.72 Å². The maximum absolute atomic E-state index is 12.2. The monoisotopic (exact) mass is 294 g/mol. The lowest BCUT2D eigenvalue weighted by atomic mass is 10.1. The SMILES string of the molecule is Cc1cc(C#N)ccc1S(=O)(=O)NCC1(C(=O)O)CC1. The van der Waals surface area contributed by atoms with Gasteiger partial charge in [-0.3, -0.25) is 4.79 Å². The molecule has 0 amide bonds.